The molecule has 2 aromatic carbocycles. The highest BCUT2D eigenvalue weighted by molar-refractivity contribution is 6.30. The van der Waals surface area contributed by atoms with E-state index in [0.717, 1.165) is 41.5 Å². The minimum Gasteiger partial charge on any atom is -0.299 e. The highest BCUT2D eigenvalue weighted by Gasteiger charge is 2.46. The van der Waals surface area contributed by atoms with E-state index in [-0.39, 0.29) is 29.7 Å². The van der Waals surface area contributed by atoms with Crippen LogP contribution in [0.4, 0.5) is 0 Å². The third kappa shape index (κ3) is 3.33. The molecule has 3 unspecified atom stereocenters. The van der Waals surface area contributed by atoms with Crippen LogP contribution >= 0.6 is 11.6 Å². The summed E-state index contributed by atoms with van der Waals surface area (Å²) in [6, 6.07) is 13.5. The van der Waals surface area contributed by atoms with E-state index in [2.05, 4.69) is 0 Å². The second-order valence-corrected chi connectivity index (χ2v) is 8.30. The van der Waals surface area contributed by atoms with Gasteiger partial charge in [0, 0.05) is 17.4 Å². The topological polar surface area (TPSA) is 51.2 Å². The van der Waals surface area contributed by atoms with Gasteiger partial charge in [-0.2, -0.15) is 0 Å². The largest absolute Gasteiger partial charge is 0.299 e. The van der Waals surface area contributed by atoms with Crippen LogP contribution in [0.25, 0.3) is 11.1 Å². The maximum absolute atomic E-state index is 13.3. The first-order valence-electron chi connectivity index (χ1n) is 9.98. The molecule has 2 aliphatic rings. The Morgan fingerprint density at radius 3 is 2.36 bits per heavy atom. The Hall–Kier alpha value is -2.26. The van der Waals surface area contributed by atoms with Crippen LogP contribution in [0.15, 0.2) is 42.5 Å². The molecule has 0 heterocycles. The normalized spacial score (nSPS) is 24.9. The molecule has 3 atom stereocenters. The Labute approximate surface area is 170 Å². The van der Waals surface area contributed by atoms with Crippen LogP contribution < -0.4 is 0 Å². The zero-order chi connectivity index (χ0) is 19.8. The van der Waals surface area contributed by atoms with Crippen LogP contribution in [-0.2, 0) is 20.8 Å². The lowest BCUT2D eigenvalue weighted by Gasteiger charge is -2.24. The average Bonchev–Trinajstić information content (AvgIpc) is 2.74. The molecule has 0 aromatic heterocycles. The minimum atomic E-state index is -0.820. The van der Waals surface area contributed by atoms with Crippen LogP contribution in [-0.4, -0.2) is 17.3 Å². The molecule has 0 saturated heterocycles. The fraction of sp³-hybridized carbons (Fsp3) is 0.375. The highest BCUT2D eigenvalue weighted by atomic mass is 35.5. The van der Waals surface area contributed by atoms with Crippen LogP contribution in [0.2, 0.25) is 5.02 Å². The lowest BCUT2D eigenvalue weighted by Crippen LogP contribution is -2.33. The van der Waals surface area contributed by atoms with Gasteiger partial charge in [0.2, 0.25) is 0 Å². The lowest BCUT2D eigenvalue weighted by atomic mass is 9.77. The smallest absolute Gasteiger partial charge is 0.158 e. The molecule has 4 heteroatoms. The third-order valence-electron chi connectivity index (χ3n) is 6.20. The summed E-state index contributed by atoms with van der Waals surface area (Å²) in [6.07, 6.45) is 3.08. The molecule has 0 N–H and O–H groups in total. The molecule has 0 radical (unpaired) electrons. The summed E-state index contributed by atoms with van der Waals surface area (Å²) in [5.41, 5.74) is 3.69. The molecule has 144 valence electrons. The molecule has 0 spiro atoms. The fourth-order valence-corrected chi connectivity index (χ4v) is 4.80. The summed E-state index contributed by atoms with van der Waals surface area (Å²) in [5, 5.41) is 0.661. The molecule has 0 aliphatic heterocycles. The molecular formula is C24H23ClO3. The number of benzene rings is 2. The van der Waals surface area contributed by atoms with E-state index >= 15 is 0 Å². The van der Waals surface area contributed by atoms with Gasteiger partial charge in [-0.1, -0.05) is 49.2 Å². The monoisotopic (exact) mass is 394 g/mol. The Kier molecular flexibility index (Phi) is 5.20. The van der Waals surface area contributed by atoms with Crippen LogP contribution in [0.1, 0.15) is 49.7 Å². The minimum absolute atomic E-state index is 0.0148. The number of hydrogen-bond donors (Lipinski definition) is 0. The lowest BCUT2D eigenvalue weighted by molar-refractivity contribution is -0.136. The molecule has 2 fully saturated rings. The van der Waals surface area contributed by atoms with Gasteiger partial charge in [-0.15, -0.1) is 0 Å². The number of Topliss-reactive ketones (excluding diaryl/α,β-unsaturated/α-hetero) is 3. The molecule has 28 heavy (non-hydrogen) atoms. The van der Waals surface area contributed by atoms with Gasteiger partial charge in [0.25, 0.3) is 0 Å². The zero-order valence-corrected chi connectivity index (χ0v) is 16.7. The van der Waals surface area contributed by atoms with Crippen molar-refractivity contribution in [3.63, 3.8) is 0 Å². The van der Waals surface area contributed by atoms with E-state index < -0.39 is 11.8 Å². The number of fused-ring (bicyclic) bond motifs is 2. The number of hydrogen-bond acceptors (Lipinski definition) is 3. The van der Waals surface area contributed by atoms with E-state index in [9.17, 15) is 14.4 Å². The number of halogens is 1. The van der Waals surface area contributed by atoms with E-state index in [4.69, 9.17) is 11.6 Å². The third-order valence-corrected chi connectivity index (χ3v) is 6.46. The number of aryl methyl sites for hydroxylation is 1. The van der Waals surface area contributed by atoms with Gasteiger partial charge in [-0.25, -0.2) is 0 Å². The van der Waals surface area contributed by atoms with E-state index in [1.807, 2.05) is 49.4 Å². The van der Waals surface area contributed by atoms with Crippen molar-refractivity contribution in [2.45, 2.75) is 44.9 Å². The first-order chi connectivity index (χ1) is 13.5. The molecule has 2 aliphatic carbocycles. The van der Waals surface area contributed by atoms with Crippen LogP contribution in [0.3, 0.4) is 0 Å². The van der Waals surface area contributed by atoms with Crippen LogP contribution in [0, 0.1) is 11.8 Å². The summed E-state index contributed by atoms with van der Waals surface area (Å²) in [7, 11) is 0. The summed E-state index contributed by atoms with van der Waals surface area (Å²) in [4.78, 5) is 39.0. The predicted octanol–water partition coefficient (Wildman–Crippen LogP) is 5.18. The van der Waals surface area contributed by atoms with E-state index in [1.54, 1.807) is 0 Å². The SMILES string of the molecule is CCc1ccc(-c2ccc(Cl)cc2)cc1C1C(=O)CC2CCCC(C2=O)C1=O. The molecular weight excluding hydrogens is 372 g/mol. The first kappa shape index (κ1) is 19.1. The van der Waals surface area contributed by atoms with Crippen molar-refractivity contribution >= 4 is 29.0 Å². The number of carbonyl (C=O) groups excluding carboxylic acids is 3. The van der Waals surface area contributed by atoms with Crippen molar-refractivity contribution in [2.75, 3.05) is 0 Å². The standard InChI is InChI=1S/C24H23ClO3/c1-2-14-6-7-16(15-8-10-18(25)11-9-15)12-20(14)22-21(26)13-17-4-3-5-19(23(17)27)24(22)28/h6-12,17,19,22H,2-5,13H2,1H3. The van der Waals surface area contributed by atoms with E-state index in [0.29, 0.717) is 11.4 Å². The van der Waals surface area contributed by atoms with Gasteiger partial charge in [0.05, 0.1) is 5.92 Å². The average molecular weight is 395 g/mol. The van der Waals surface area contributed by atoms with Crippen molar-refractivity contribution < 1.29 is 14.4 Å². The van der Waals surface area contributed by atoms with Gasteiger partial charge in [0.15, 0.2) is 5.78 Å². The Bertz CT molecular complexity index is 945. The van der Waals surface area contributed by atoms with Crippen molar-refractivity contribution in [2.24, 2.45) is 11.8 Å². The summed E-state index contributed by atoms with van der Waals surface area (Å²) >= 11 is 6.00. The second kappa shape index (κ2) is 7.63. The Morgan fingerprint density at radius 2 is 1.64 bits per heavy atom. The maximum atomic E-state index is 13.3. The molecule has 2 bridgehead atoms. The number of ketones is 3. The highest BCUT2D eigenvalue weighted by Crippen LogP contribution is 2.40. The summed E-state index contributed by atoms with van der Waals surface area (Å²) in [5.74, 6) is -2.02. The van der Waals surface area contributed by atoms with Gasteiger partial charge in [-0.05, 0) is 59.7 Å². The second-order valence-electron chi connectivity index (χ2n) is 7.86. The maximum Gasteiger partial charge on any atom is 0.158 e. The van der Waals surface area contributed by atoms with Crippen molar-refractivity contribution in [3.05, 3.63) is 58.6 Å². The molecule has 3 nitrogen and oxygen atoms in total. The Morgan fingerprint density at radius 1 is 0.929 bits per heavy atom. The van der Waals surface area contributed by atoms with Crippen molar-refractivity contribution in [3.8, 4) is 11.1 Å². The van der Waals surface area contributed by atoms with Gasteiger partial charge in [-0.3, -0.25) is 14.4 Å². The van der Waals surface area contributed by atoms with Crippen molar-refractivity contribution in [1.82, 2.24) is 0 Å². The molecule has 2 aromatic rings. The summed E-state index contributed by atoms with van der Waals surface area (Å²) < 4.78 is 0. The fourth-order valence-electron chi connectivity index (χ4n) is 4.68. The zero-order valence-electron chi connectivity index (χ0n) is 15.9. The molecule has 4 rings (SSSR count). The molecule has 2 saturated carbocycles. The van der Waals surface area contributed by atoms with Crippen LogP contribution in [0.5, 0.6) is 0 Å². The van der Waals surface area contributed by atoms with Gasteiger partial charge < -0.3 is 0 Å². The first-order valence-corrected chi connectivity index (χ1v) is 10.4. The van der Waals surface area contributed by atoms with Gasteiger partial charge >= 0.3 is 0 Å². The van der Waals surface area contributed by atoms with Gasteiger partial charge in [0.1, 0.15) is 17.5 Å². The quantitative estimate of drug-likeness (QED) is 0.674. The van der Waals surface area contributed by atoms with E-state index in [1.165, 1.54) is 0 Å². The Balaban J connectivity index is 1.81. The molecule has 0 amide bonds. The van der Waals surface area contributed by atoms with Crippen molar-refractivity contribution in [1.29, 1.82) is 0 Å². The number of rotatable bonds is 3. The number of carbonyl (C=O) groups is 3. The summed E-state index contributed by atoms with van der Waals surface area (Å²) in [6.45, 7) is 2.02. The predicted molar refractivity (Wildman–Crippen MR) is 109 cm³/mol.